The Morgan fingerprint density at radius 3 is 2.37 bits per heavy atom. The van der Waals surface area contributed by atoms with Crippen LogP contribution in [0.5, 0.6) is 0 Å². The first-order chi connectivity index (χ1) is 14.6. The van der Waals surface area contributed by atoms with Gasteiger partial charge in [-0.25, -0.2) is 4.98 Å². The molecule has 0 aliphatic rings. The van der Waals surface area contributed by atoms with Gasteiger partial charge in [-0.15, -0.1) is 11.3 Å². The number of amides is 1. The summed E-state index contributed by atoms with van der Waals surface area (Å²) < 4.78 is 1.52. The van der Waals surface area contributed by atoms with Gasteiger partial charge in [-0.05, 0) is 18.9 Å². The first kappa shape index (κ1) is 20.3. The molecule has 0 bridgehead atoms. The van der Waals surface area contributed by atoms with E-state index in [9.17, 15) is 9.59 Å². The molecule has 4 aromatic rings. The van der Waals surface area contributed by atoms with Gasteiger partial charge in [-0.1, -0.05) is 72.0 Å². The molecule has 0 unspecified atom stereocenters. The molecule has 0 fully saturated rings. The molecule has 0 radical (unpaired) electrons. The molecule has 1 amide bonds. The van der Waals surface area contributed by atoms with Gasteiger partial charge in [0.15, 0.2) is 5.13 Å². The molecule has 0 aliphatic carbocycles. The van der Waals surface area contributed by atoms with Crippen molar-refractivity contribution in [2.75, 3.05) is 11.4 Å². The van der Waals surface area contributed by atoms with Crippen molar-refractivity contribution in [1.82, 2.24) is 9.55 Å². The smallest absolute Gasteiger partial charge is 0.294 e. The standard InChI is InChI=1S/C23H21N3O2S2/c1-17-15-30-23(28)26(17)14-21(27)25(13-12-18-8-4-2-5-9-18)22-24-20(16-29-22)19-10-6-3-7-11-19/h2-11,15-16H,12-14H2,1H3. The Kier molecular flexibility index (Phi) is 6.21. The zero-order valence-corrected chi connectivity index (χ0v) is 18.2. The molecule has 0 saturated carbocycles. The summed E-state index contributed by atoms with van der Waals surface area (Å²) in [4.78, 5) is 31.6. The van der Waals surface area contributed by atoms with E-state index >= 15 is 0 Å². The fourth-order valence-electron chi connectivity index (χ4n) is 3.16. The number of carbonyl (C=O) groups excluding carboxylic acids is 1. The zero-order valence-electron chi connectivity index (χ0n) is 16.5. The first-order valence-electron chi connectivity index (χ1n) is 9.62. The van der Waals surface area contributed by atoms with Gasteiger partial charge >= 0.3 is 4.87 Å². The molecule has 0 aliphatic heterocycles. The van der Waals surface area contributed by atoms with Crippen molar-refractivity contribution in [3.05, 3.63) is 92.3 Å². The van der Waals surface area contributed by atoms with Crippen molar-refractivity contribution < 1.29 is 4.79 Å². The van der Waals surface area contributed by atoms with E-state index in [0.717, 1.165) is 33.9 Å². The minimum Gasteiger partial charge on any atom is -0.294 e. The van der Waals surface area contributed by atoms with Crippen molar-refractivity contribution >= 4 is 33.7 Å². The highest BCUT2D eigenvalue weighted by Crippen LogP contribution is 2.28. The largest absolute Gasteiger partial charge is 0.307 e. The molecule has 5 nitrogen and oxygen atoms in total. The van der Waals surface area contributed by atoms with Gasteiger partial charge in [0.05, 0.1) is 5.69 Å². The monoisotopic (exact) mass is 435 g/mol. The number of carbonyl (C=O) groups is 1. The first-order valence-corrected chi connectivity index (χ1v) is 11.4. The van der Waals surface area contributed by atoms with Gasteiger partial charge in [0.1, 0.15) is 6.54 Å². The van der Waals surface area contributed by atoms with Gasteiger partial charge in [-0.3, -0.25) is 19.1 Å². The highest BCUT2D eigenvalue weighted by atomic mass is 32.1. The zero-order chi connectivity index (χ0) is 20.9. The minimum atomic E-state index is -0.136. The summed E-state index contributed by atoms with van der Waals surface area (Å²) in [6.07, 6.45) is 0.713. The molecule has 0 spiro atoms. The van der Waals surface area contributed by atoms with Crippen LogP contribution in [-0.4, -0.2) is 22.0 Å². The van der Waals surface area contributed by atoms with Gasteiger partial charge in [0, 0.05) is 28.6 Å². The SMILES string of the molecule is Cc1csc(=O)n1CC(=O)N(CCc1ccccc1)c1nc(-c2ccccc2)cs1. The summed E-state index contributed by atoms with van der Waals surface area (Å²) in [6.45, 7) is 2.36. The molecule has 4 rings (SSSR count). The van der Waals surface area contributed by atoms with Crippen LogP contribution in [0.3, 0.4) is 0 Å². The summed E-state index contributed by atoms with van der Waals surface area (Å²) >= 11 is 2.56. The van der Waals surface area contributed by atoms with E-state index < -0.39 is 0 Å². The predicted octanol–water partition coefficient (Wildman–Crippen LogP) is 4.62. The quantitative estimate of drug-likeness (QED) is 0.426. The number of aryl methyl sites for hydroxylation is 1. The number of hydrogen-bond acceptors (Lipinski definition) is 5. The Morgan fingerprint density at radius 1 is 1.00 bits per heavy atom. The lowest BCUT2D eigenvalue weighted by Crippen LogP contribution is -2.37. The van der Waals surface area contributed by atoms with E-state index in [1.165, 1.54) is 15.9 Å². The molecule has 152 valence electrons. The van der Waals surface area contributed by atoms with E-state index in [4.69, 9.17) is 4.98 Å². The number of hydrogen-bond donors (Lipinski definition) is 0. The molecule has 2 aromatic carbocycles. The van der Waals surface area contributed by atoms with Crippen LogP contribution in [0.25, 0.3) is 11.3 Å². The maximum absolute atomic E-state index is 13.2. The van der Waals surface area contributed by atoms with Gasteiger partial charge < -0.3 is 0 Å². The van der Waals surface area contributed by atoms with Crippen LogP contribution in [0.1, 0.15) is 11.3 Å². The third-order valence-electron chi connectivity index (χ3n) is 4.83. The minimum absolute atomic E-state index is 0.0171. The van der Waals surface area contributed by atoms with Crippen LogP contribution in [0, 0.1) is 6.92 Å². The molecular formula is C23H21N3O2S2. The number of nitrogens with zero attached hydrogens (tertiary/aromatic N) is 3. The van der Waals surface area contributed by atoms with Crippen molar-refractivity contribution in [3.8, 4) is 11.3 Å². The topological polar surface area (TPSA) is 55.2 Å². The lowest BCUT2D eigenvalue weighted by atomic mass is 10.1. The maximum atomic E-state index is 13.2. The second-order valence-corrected chi connectivity index (χ2v) is 8.55. The Labute approximate surface area is 182 Å². The van der Waals surface area contributed by atoms with Crippen molar-refractivity contribution in [3.63, 3.8) is 0 Å². The van der Waals surface area contributed by atoms with Crippen LogP contribution < -0.4 is 9.77 Å². The number of aromatic nitrogens is 2. The molecule has 30 heavy (non-hydrogen) atoms. The second-order valence-electron chi connectivity index (χ2n) is 6.89. The Hall–Kier alpha value is -3.03. The third kappa shape index (κ3) is 4.58. The number of benzene rings is 2. The highest BCUT2D eigenvalue weighted by molar-refractivity contribution is 7.14. The van der Waals surface area contributed by atoms with Crippen LogP contribution in [0.15, 0.2) is 76.2 Å². The molecule has 0 atom stereocenters. The van der Waals surface area contributed by atoms with Crippen LogP contribution in [0.4, 0.5) is 5.13 Å². The fraction of sp³-hybridized carbons (Fsp3) is 0.174. The molecule has 0 N–H and O–H groups in total. The van der Waals surface area contributed by atoms with Crippen molar-refractivity contribution in [2.24, 2.45) is 0 Å². The number of thiazole rings is 2. The maximum Gasteiger partial charge on any atom is 0.307 e. The Balaban J connectivity index is 1.60. The van der Waals surface area contributed by atoms with Gasteiger partial charge in [0.25, 0.3) is 0 Å². The summed E-state index contributed by atoms with van der Waals surface area (Å²) in [5.41, 5.74) is 3.81. The summed E-state index contributed by atoms with van der Waals surface area (Å²) in [5, 5.41) is 4.40. The van der Waals surface area contributed by atoms with E-state index in [0.29, 0.717) is 18.1 Å². The lowest BCUT2D eigenvalue weighted by molar-refractivity contribution is -0.119. The average Bonchev–Trinajstić information content (AvgIpc) is 3.38. The average molecular weight is 436 g/mol. The Bertz CT molecular complexity index is 1180. The molecule has 7 heteroatoms. The van der Waals surface area contributed by atoms with Crippen molar-refractivity contribution in [2.45, 2.75) is 19.9 Å². The predicted molar refractivity (Wildman–Crippen MR) is 123 cm³/mol. The molecular weight excluding hydrogens is 414 g/mol. The normalized spacial score (nSPS) is 10.8. The van der Waals surface area contributed by atoms with Gasteiger partial charge in [-0.2, -0.15) is 0 Å². The summed E-state index contributed by atoms with van der Waals surface area (Å²) in [7, 11) is 0. The lowest BCUT2D eigenvalue weighted by Gasteiger charge is -2.20. The second kappa shape index (κ2) is 9.19. The summed E-state index contributed by atoms with van der Waals surface area (Å²) in [5.74, 6) is -0.136. The van der Waals surface area contributed by atoms with E-state index in [-0.39, 0.29) is 17.3 Å². The van der Waals surface area contributed by atoms with E-state index in [2.05, 4.69) is 0 Å². The molecule has 2 aromatic heterocycles. The molecule has 2 heterocycles. The van der Waals surface area contributed by atoms with Gasteiger partial charge in [0.2, 0.25) is 5.91 Å². The van der Waals surface area contributed by atoms with Crippen molar-refractivity contribution in [1.29, 1.82) is 0 Å². The van der Waals surface area contributed by atoms with Crippen LogP contribution in [0.2, 0.25) is 0 Å². The third-order valence-corrected chi connectivity index (χ3v) is 6.57. The van der Waals surface area contributed by atoms with E-state index in [1.54, 1.807) is 10.3 Å². The van der Waals surface area contributed by atoms with Crippen LogP contribution in [-0.2, 0) is 17.8 Å². The highest BCUT2D eigenvalue weighted by Gasteiger charge is 2.21. The van der Waals surface area contributed by atoms with Crippen LogP contribution >= 0.6 is 22.7 Å². The number of rotatable bonds is 7. The number of anilines is 1. The Morgan fingerprint density at radius 2 is 1.70 bits per heavy atom. The summed E-state index contributed by atoms with van der Waals surface area (Å²) in [6, 6.07) is 20.0. The fourth-order valence-corrected chi connectivity index (χ4v) is 4.77. The molecule has 0 saturated heterocycles. The van der Waals surface area contributed by atoms with E-state index in [1.807, 2.05) is 73.0 Å².